The van der Waals surface area contributed by atoms with Crippen LogP contribution in [-0.4, -0.2) is 31.4 Å². The maximum absolute atomic E-state index is 13.9. The molecule has 38 heavy (non-hydrogen) atoms. The summed E-state index contributed by atoms with van der Waals surface area (Å²) in [4.78, 5) is 28.8. The third kappa shape index (κ3) is 3.88. The zero-order valence-corrected chi connectivity index (χ0v) is 21.9. The fourth-order valence-corrected chi connectivity index (χ4v) is 6.56. The first-order valence-electron chi connectivity index (χ1n) is 11.9. The number of hydrogen-bond acceptors (Lipinski definition) is 5. The molecule has 3 aromatic heterocycles. The SMILES string of the molecule is CC1C(=O)N(c2ccc3c(cnn3-c3ccc(F)cc3)c2)C(c2ccc(Cl)s2)C1c1cn(C)nc1C(N)=O. The fraction of sp³-hybridized carbons (Fsp3) is 0.185. The van der Waals surface area contributed by atoms with Crippen molar-refractivity contribution >= 4 is 51.3 Å². The van der Waals surface area contributed by atoms with E-state index in [1.165, 1.54) is 23.5 Å². The summed E-state index contributed by atoms with van der Waals surface area (Å²) in [7, 11) is 1.72. The number of nitrogens with zero attached hydrogens (tertiary/aromatic N) is 5. The Labute approximate surface area is 226 Å². The van der Waals surface area contributed by atoms with Crippen molar-refractivity contribution in [2.45, 2.75) is 18.9 Å². The summed E-state index contributed by atoms with van der Waals surface area (Å²) in [6.45, 7) is 1.86. The van der Waals surface area contributed by atoms with Crippen molar-refractivity contribution in [3.8, 4) is 5.69 Å². The fourth-order valence-electron chi connectivity index (χ4n) is 5.36. The lowest BCUT2D eigenvalue weighted by molar-refractivity contribution is -0.120. The molecule has 0 saturated carbocycles. The average molecular weight is 549 g/mol. The van der Waals surface area contributed by atoms with E-state index in [2.05, 4.69) is 10.2 Å². The molecule has 3 unspecified atom stereocenters. The van der Waals surface area contributed by atoms with Crippen LogP contribution in [0.1, 0.15) is 39.8 Å². The highest BCUT2D eigenvalue weighted by atomic mass is 35.5. The highest BCUT2D eigenvalue weighted by Gasteiger charge is 2.50. The molecule has 1 aliphatic rings. The van der Waals surface area contributed by atoms with Gasteiger partial charge in [0.15, 0.2) is 5.69 Å². The predicted molar refractivity (Wildman–Crippen MR) is 144 cm³/mol. The lowest BCUT2D eigenvalue weighted by Crippen LogP contribution is -2.28. The van der Waals surface area contributed by atoms with E-state index in [0.717, 1.165) is 21.5 Å². The number of anilines is 1. The summed E-state index contributed by atoms with van der Waals surface area (Å²) in [5.74, 6) is -1.89. The molecule has 2 N–H and O–H groups in total. The van der Waals surface area contributed by atoms with Gasteiger partial charge < -0.3 is 10.6 Å². The molecule has 0 spiro atoms. The molecule has 1 aliphatic heterocycles. The van der Waals surface area contributed by atoms with Crippen molar-refractivity contribution in [1.82, 2.24) is 19.6 Å². The Bertz CT molecular complexity index is 1710. The highest BCUT2D eigenvalue weighted by Crippen LogP contribution is 2.52. The van der Waals surface area contributed by atoms with Gasteiger partial charge in [-0.2, -0.15) is 10.2 Å². The minimum Gasteiger partial charge on any atom is -0.364 e. The van der Waals surface area contributed by atoms with Gasteiger partial charge in [-0.15, -0.1) is 11.3 Å². The van der Waals surface area contributed by atoms with Crippen molar-refractivity contribution in [3.05, 3.63) is 93.3 Å². The van der Waals surface area contributed by atoms with Crippen molar-refractivity contribution in [2.24, 2.45) is 18.7 Å². The van der Waals surface area contributed by atoms with Gasteiger partial charge in [0, 0.05) is 46.6 Å². The van der Waals surface area contributed by atoms with Crippen molar-refractivity contribution in [1.29, 1.82) is 0 Å². The zero-order valence-electron chi connectivity index (χ0n) is 20.4. The Hall–Kier alpha value is -4.02. The Morgan fingerprint density at radius 1 is 1.11 bits per heavy atom. The Balaban J connectivity index is 1.48. The van der Waals surface area contributed by atoms with Crippen LogP contribution in [0.25, 0.3) is 16.6 Å². The molecule has 0 radical (unpaired) electrons. The predicted octanol–water partition coefficient (Wildman–Crippen LogP) is 5.22. The van der Waals surface area contributed by atoms with Gasteiger partial charge in [-0.3, -0.25) is 14.3 Å². The Morgan fingerprint density at radius 3 is 2.53 bits per heavy atom. The van der Waals surface area contributed by atoms with Gasteiger partial charge >= 0.3 is 0 Å². The van der Waals surface area contributed by atoms with E-state index in [4.69, 9.17) is 17.3 Å². The second-order valence-electron chi connectivity index (χ2n) is 9.36. The van der Waals surface area contributed by atoms with Gasteiger partial charge in [0.1, 0.15) is 5.82 Å². The molecular formula is C27H22ClFN6O2S. The van der Waals surface area contributed by atoms with E-state index in [-0.39, 0.29) is 23.3 Å². The van der Waals surface area contributed by atoms with E-state index in [9.17, 15) is 14.0 Å². The monoisotopic (exact) mass is 548 g/mol. The highest BCUT2D eigenvalue weighted by molar-refractivity contribution is 7.16. The van der Waals surface area contributed by atoms with Crippen LogP contribution in [0.15, 0.2) is 67.0 Å². The standard InChI is InChI=1S/C27H22ClFN6O2S/c1-14-23(19-13-33(2)32-24(19)26(30)36)25(21-9-10-22(28)38-21)34(27(14)37)18-7-8-20-15(11-18)12-31-35(20)17-5-3-16(29)4-6-17/h3-14,23,25H,1-2H3,(H2,30,36). The van der Waals surface area contributed by atoms with Crippen molar-refractivity contribution in [3.63, 3.8) is 0 Å². The van der Waals surface area contributed by atoms with Crippen molar-refractivity contribution < 1.29 is 14.0 Å². The van der Waals surface area contributed by atoms with E-state index < -0.39 is 17.9 Å². The van der Waals surface area contributed by atoms with Gasteiger partial charge in [0.25, 0.3) is 5.91 Å². The molecular weight excluding hydrogens is 527 g/mol. The van der Waals surface area contributed by atoms with Crippen LogP contribution >= 0.6 is 22.9 Å². The minimum absolute atomic E-state index is 0.0888. The number of aryl methyl sites for hydroxylation is 1. The Morgan fingerprint density at radius 2 is 1.84 bits per heavy atom. The lowest BCUT2D eigenvalue weighted by atomic mass is 9.84. The third-order valence-electron chi connectivity index (χ3n) is 7.02. The first-order valence-corrected chi connectivity index (χ1v) is 13.1. The number of carbonyl (C=O) groups excluding carboxylic acids is 2. The van der Waals surface area contributed by atoms with Gasteiger partial charge in [-0.05, 0) is 54.6 Å². The maximum atomic E-state index is 13.9. The number of aromatic nitrogens is 4. The number of primary amides is 1. The molecule has 1 saturated heterocycles. The molecule has 1 fully saturated rings. The smallest absolute Gasteiger partial charge is 0.269 e. The summed E-state index contributed by atoms with van der Waals surface area (Å²) in [6.07, 6.45) is 3.48. The number of fused-ring (bicyclic) bond motifs is 1. The second kappa shape index (κ2) is 9.07. The average Bonchev–Trinajstić information content (AvgIpc) is 3.65. The summed E-state index contributed by atoms with van der Waals surface area (Å²) in [5, 5.41) is 9.58. The molecule has 0 aliphatic carbocycles. The zero-order chi connectivity index (χ0) is 26.7. The van der Waals surface area contributed by atoms with Crippen LogP contribution in [0.2, 0.25) is 4.34 Å². The maximum Gasteiger partial charge on any atom is 0.269 e. The molecule has 4 heterocycles. The lowest BCUT2D eigenvalue weighted by Gasteiger charge is -2.28. The second-order valence-corrected chi connectivity index (χ2v) is 11.1. The summed E-state index contributed by atoms with van der Waals surface area (Å²) in [6, 6.07) is 15.1. The molecule has 11 heteroatoms. The van der Waals surface area contributed by atoms with Crippen LogP contribution in [0, 0.1) is 11.7 Å². The van der Waals surface area contributed by atoms with Crippen LogP contribution in [-0.2, 0) is 11.8 Å². The summed E-state index contributed by atoms with van der Waals surface area (Å²) < 4.78 is 17.3. The molecule has 0 bridgehead atoms. The molecule has 3 atom stereocenters. The molecule has 6 rings (SSSR count). The molecule has 2 amide bonds. The molecule has 8 nitrogen and oxygen atoms in total. The van der Waals surface area contributed by atoms with E-state index in [1.807, 2.05) is 31.2 Å². The number of benzene rings is 2. The van der Waals surface area contributed by atoms with Gasteiger partial charge in [0.05, 0.1) is 27.8 Å². The summed E-state index contributed by atoms with van der Waals surface area (Å²) in [5.41, 5.74) is 8.68. The minimum atomic E-state index is -0.642. The quantitative estimate of drug-likeness (QED) is 0.325. The van der Waals surface area contributed by atoms with Crippen LogP contribution in [0.5, 0.6) is 0 Å². The first kappa shape index (κ1) is 24.3. The van der Waals surface area contributed by atoms with Crippen molar-refractivity contribution in [2.75, 3.05) is 4.90 Å². The molecule has 192 valence electrons. The van der Waals surface area contributed by atoms with Gasteiger partial charge in [0.2, 0.25) is 5.91 Å². The van der Waals surface area contributed by atoms with Crippen LogP contribution in [0.4, 0.5) is 10.1 Å². The van der Waals surface area contributed by atoms with E-state index >= 15 is 0 Å². The number of nitrogens with two attached hydrogens (primary N) is 1. The van der Waals surface area contributed by atoms with Gasteiger partial charge in [-0.1, -0.05) is 18.5 Å². The summed E-state index contributed by atoms with van der Waals surface area (Å²) >= 11 is 7.72. The number of halogens is 2. The third-order valence-corrected chi connectivity index (χ3v) is 8.32. The largest absolute Gasteiger partial charge is 0.364 e. The number of rotatable bonds is 5. The first-order chi connectivity index (χ1) is 18.2. The molecule has 2 aromatic carbocycles. The topological polar surface area (TPSA) is 99.0 Å². The number of hydrogen-bond donors (Lipinski definition) is 1. The Kier molecular flexibility index (Phi) is 5.81. The normalized spacial score (nSPS) is 19.5. The number of thiophene rings is 1. The van der Waals surface area contributed by atoms with Crippen LogP contribution < -0.4 is 10.6 Å². The van der Waals surface area contributed by atoms with Gasteiger partial charge in [-0.25, -0.2) is 9.07 Å². The number of amides is 2. The van der Waals surface area contributed by atoms with E-state index in [1.54, 1.807) is 51.9 Å². The number of carbonyl (C=O) groups is 2. The van der Waals surface area contributed by atoms with Crippen LogP contribution in [0.3, 0.4) is 0 Å². The molecule has 5 aromatic rings. The van der Waals surface area contributed by atoms with E-state index in [0.29, 0.717) is 15.6 Å².